The second-order valence-electron chi connectivity index (χ2n) is 5.26. The summed E-state index contributed by atoms with van der Waals surface area (Å²) in [5.41, 5.74) is 0. The van der Waals surface area contributed by atoms with E-state index in [1.165, 1.54) is 19.3 Å². The van der Waals surface area contributed by atoms with E-state index in [0.29, 0.717) is 19.3 Å². The molecule has 0 N–H and O–H groups in total. The number of ketones is 1. The van der Waals surface area contributed by atoms with Crippen LogP contribution in [0.1, 0.15) is 71.1 Å². The first kappa shape index (κ1) is 14.6. The summed E-state index contributed by atoms with van der Waals surface area (Å²) in [5.74, 6) is -2.38. The second kappa shape index (κ2) is 7.07. The van der Waals surface area contributed by atoms with Gasteiger partial charge in [0.1, 0.15) is 5.78 Å². The minimum atomic E-state index is -2.52. The number of carbonyl (C=O) groups is 1. The molecule has 0 aromatic rings. The lowest BCUT2D eigenvalue weighted by Crippen LogP contribution is -2.28. The van der Waals surface area contributed by atoms with Crippen LogP contribution in [-0.2, 0) is 4.79 Å². The summed E-state index contributed by atoms with van der Waals surface area (Å²) in [6, 6.07) is 0. The summed E-state index contributed by atoms with van der Waals surface area (Å²) in [5, 5.41) is 0. The molecule has 0 radical (unpaired) electrons. The van der Waals surface area contributed by atoms with Gasteiger partial charge in [0, 0.05) is 25.2 Å². The Morgan fingerprint density at radius 1 is 1.12 bits per heavy atom. The lowest BCUT2D eigenvalue weighted by molar-refractivity contribution is -0.127. The van der Waals surface area contributed by atoms with Crippen molar-refractivity contribution in [2.24, 2.45) is 5.92 Å². The molecule has 17 heavy (non-hydrogen) atoms. The summed E-state index contributed by atoms with van der Waals surface area (Å²) in [6.07, 6.45) is 6.83. The van der Waals surface area contributed by atoms with E-state index in [1.54, 1.807) is 0 Å². The van der Waals surface area contributed by atoms with Crippen molar-refractivity contribution < 1.29 is 13.6 Å². The van der Waals surface area contributed by atoms with Crippen LogP contribution in [0.2, 0.25) is 0 Å². The molecule has 1 rings (SSSR count). The summed E-state index contributed by atoms with van der Waals surface area (Å²) in [7, 11) is 0. The van der Waals surface area contributed by atoms with E-state index in [0.717, 1.165) is 12.8 Å². The van der Waals surface area contributed by atoms with E-state index in [-0.39, 0.29) is 24.5 Å². The van der Waals surface area contributed by atoms with Crippen LogP contribution in [0.5, 0.6) is 0 Å². The van der Waals surface area contributed by atoms with Gasteiger partial charge in [-0.1, -0.05) is 32.6 Å². The molecule has 1 aliphatic carbocycles. The summed E-state index contributed by atoms with van der Waals surface area (Å²) in [6.45, 7) is 2.16. The Hall–Kier alpha value is -0.470. The highest BCUT2D eigenvalue weighted by Gasteiger charge is 2.36. The summed E-state index contributed by atoms with van der Waals surface area (Å²) >= 11 is 0. The second-order valence-corrected chi connectivity index (χ2v) is 5.26. The van der Waals surface area contributed by atoms with Crippen LogP contribution in [0, 0.1) is 5.92 Å². The van der Waals surface area contributed by atoms with Gasteiger partial charge >= 0.3 is 0 Å². The Labute approximate surface area is 103 Å². The number of hydrogen-bond acceptors (Lipinski definition) is 1. The highest BCUT2D eigenvalue weighted by molar-refractivity contribution is 5.81. The molecule has 3 heteroatoms. The predicted octanol–water partition coefficient (Wildman–Crippen LogP) is 4.74. The topological polar surface area (TPSA) is 17.1 Å². The number of hydrogen-bond donors (Lipinski definition) is 0. The van der Waals surface area contributed by atoms with E-state index in [9.17, 15) is 13.6 Å². The van der Waals surface area contributed by atoms with E-state index >= 15 is 0 Å². The Morgan fingerprint density at radius 3 is 2.29 bits per heavy atom. The number of unbranched alkanes of at least 4 members (excludes halogenated alkanes) is 4. The fourth-order valence-corrected chi connectivity index (χ4v) is 2.47. The van der Waals surface area contributed by atoms with Gasteiger partial charge in [-0.3, -0.25) is 4.79 Å². The normalized spacial score (nSPS) is 20.4. The maximum Gasteiger partial charge on any atom is 0.248 e. The molecule has 0 saturated heterocycles. The minimum Gasteiger partial charge on any atom is -0.299 e. The summed E-state index contributed by atoms with van der Waals surface area (Å²) < 4.78 is 25.8. The molecule has 0 amide bonds. The number of alkyl halides is 2. The molecule has 1 nitrogen and oxygen atoms in total. The first-order valence-corrected chi connectivity index (χ1v) is 6.96. The predicted molar refractivity (Wildman–Crippen MR) is 65.3 cm³/mol. The highest BCUT2D eigenvalue weighted by Crippen LogP contribution is 2.36. The van der Waals surface area contributed by atoms with Crippen LogP contribution in [0.3, 0.4) is 0 Å². The first-order chi connectivity index (χ1) is 8.05. The smallest absolute Gasteiger partial charge is 0.248 e. The van der Waals surface area contributed by atoms with Gasteiger partial charge in [0.2, 0.25) is 5.92 Å². The average Bonchev–Trinajstić information content (AvgIpc) is 2.28. The monoisotopic (exact) mass is 246 g/mol. The molecule has 1 fully saturated rings. The molecule has 0 aliphatic heterocycles. The third-order valence-corrected chi connectivity index (χ3v) is 3.70. The fraction of sp³-hybridized carbons (Fsp3) is 0.929. The average molecular weight is 246 g/mol. The minimum absolute atomic E-state index is 0.0826. The van der Waals surface area contributed by atoms with Crippen LogP contribution in [-0.4, -0.2) is 11.7 Å². The lowest BCUT2D eigenvalue weighted by atomic mass is 9.83. The molecule has 1 aliphatic rings. The van der Waals surface area contributed by atoms with Crippen LogP contribution >= 0.6 is 0 Å². The van der Waals surface area contributed by atoms with Crippen molar-refractivity contribution in [1.29, 1.82) is 0 Å². The van der Waals surface area contributed by atoms with Crippen molar-refractivity contribution >= 4 is 5.78 Å². The molecule has 0 bridgehead atoms. The molecular formula is C14H24F2O. The molecular weight excluding hydrogens is 222 g/mol. The van der Waals surface area contributed by atoms with Crippen molar-refractivity contribution in [3.63, 3.8) is 0 Å². The Kier molecular flexibility index (Phi) is 6.07. The van der Waals surface area contributed by atoms with Gasteiger partial charge in [0.15, 0.2) is 0 Å². The number of rotatable bonds is 7. The maximum atomic E-state index is 12.9. The maximum absolute atomic E-state index is 12.9. The molecule has 100 valence electrons. The van der Waals surface area contributed by atoms with Gasteiger partial charge in [-0.25, -0.2) is 8.78 Å². The van der Waals surface area contributed by atoms with Crippen LogP contribution in [0.15, 0.2) is 0 Å². The van der Waals surface area contributed by atoms with Crippen molar-refractivity contribution in [2.45, 2.75) is 77.1 Å². The largest absolute Gasteiger partial charge is 0.299 e. The molecule has 0 aromatic carbocycles. The third kappa shape index (κ3) is 5.60. The van der Waals surface area contributed by atoms with Gasteiger partial charge in [0.25, 0.3) is 0 Å². The van der Waals surface area contributed by atoms with Crippen molar-refractivity contribution in [1.82, 2.24) is 0 Å². The van der Waals surface area contributed by atoms with Crippen molar-refractivity contribution in [2.75, 3.05) is 0 Å². The molecule has 0 heterocycles. The SMILES string of the molecule is CCCCCCCC(=O)C1CCC(F)(F)CC1. The van der Waals surface area contributed by atoms with Crippen molar-refractivity contribution in [3.05, 3.63) is 0 Å². The number of halogens is 2. The van der Waals surface area contributed by atoms with Gasteiger partial charge in [0.05, 0.1) is 0 Å². The molecule has 0 unspecified atom stereocenters. The van der Waals surface area contributed by atoms with Gasteiger partial charge < -0.3 is 0 Å². The van der Waals surface area contributed by atoms with Gasteiger partial charge in [-0.05, 0) is 19.3 Å². The zero-order chi connectivity index (χ0) is 12.7. The van der Waals surface area contributed by atoms with Gasteiger partial charge in [-0.15, -0.1) is 0 Å². The van der Waals surface area contributed by atoms with E-state index in [1.807, 2.05) is 0 Å². The molecule has 1 saturated carbocycles. The molecule has 0 spiro atoms. The zero-order valence-electron chi connectivity index (χ0n) is 10.8. The third-order valence-electron chi connectivity index (χ3n) is 3.70. The van der Waals surface area contributed by atoms with E-state index in [4.69, 9.17) is 0 Å². The Morgan fingerprint density at radius 2 is 1.71 bits per heavy atom. The van der Waals surface area contributed by atoms with Crippen LogP contribution in [0.25, 0.3) is 0 Å². The Bertz CT molecular complexity index is 228. The van der Waals surface area contributed by atoms with Gasteiger partial charge in [-0.2, -0.15) is 0 Å². The van der Waals surface area contributed by atoms with E-state index < -0.39 is 5.92 Å². The van der Waals surface area contributed by atoms with E-state index in [2.05, 4.69) is 6.92 Å². The Balaban J connectivity index is 2.12. The van der Waals surface area contributed by atoms with Crippen LogP contribution < -0.4 is 0 Å². The molecule has 0 aromatic heterocycles. The first-order valence-electron chi connectivity index (χ1n) is 6.96. The zero-order valence-corrected chi connectivity index (χ0v) is 10.8. The number of carbonyl (C=O) groups excluding carboxylic acids is 1. The van der Waals surface area contributed by atoms with Crippen LogP contribution in [0.4, 0.5) is 8.78 Å². The summed E-state index contributed by atoms with van der Waals surface area (Å²) in [4.78, 5) is 11.8. The standard InChI is InChI=1S/C14H24F2O/c1-2-3-4-5-6-7-13(17)12-8-10-14(15,16)11-9-12/h12H,2-11H2,1H3. The number of Topliss-reactive ketones (excluding diaryl/α,β-unsaturated/α-hetero) is 1. The highest BCUT2D eigenvalue weighted by atomic mass is 19.3. The van der Waals surface area contributed by atoms with Crippen molar-refractivity contribution in [3.8, 4) is 0 Å². The quantitative estimate of drug-likeness (QED) is 0.593. The molecule has 0 atom stereocenters. The lowest BCUT2D eigenvalue weighted by Gasteiger charge is -2.27. The fourth-order valence-electron chi connectivity index (χ4n) is 2.47.